The number of hydrazone groups is 1. The van der Waals surface area contributed by atoms with Crippen LogP contribution in [-0.2, 0) is 13.0 Å². The fourth-order valence-electron chi connectivity index (χ4n) is 3.81. The van der Waals surface area contributed by atoms with Crippen LogP contribution in [0.4, 0.5) is 0 Å². The number of rotatable bonds is 5. The van der Waals surface area contributed by atoms with Crippen LogP contribution in [0.25, 0.3) is 0 Å². The van der Waals surface area contributed by atoms with Crippen LogP contribution < -0.4 is 10.7 Å². The third-order valence-corrected chi connectivity index (χ3v) is 5.55. The third-order valence-electron chi connectivity index (χ3n) is 5.55. The number of amides is 2. The number of phenols is 1. The van der Waals surface area contributed by atoms with Crippen molar-refractivity contribution in [2.45, 2.75) is 39.7 Å². The van der Waals surface area contributed by atoms with Gasteiger partial charge in [-0.2, -0.15) is 5.10 Å². The summed E-state index contributed by atoms with van der Waals surface area (Å²) in [5, 5.41) is 17.1. The Hall–Kier alpha value is -3.87. The molecule has 0 aliphatic heterocycles. The van der Waals surface area contributed by atoms with Gasteiger partial charge in [0, 0.05) is 24.1 Å². The number of nitrogens with one attached hydrogen (secondary N) is 2. The molecule has 0 radical (unpaired) electrons. The van der Waals surface area contributed by atoms with Crippen LogP contribution >= 0.6 is 0 Å². The molecule has 2 amide bonds. The normalized spacial score (nSPS) is 14.1. The van der Waals surface area contributed by atoms with E-state index in [1.165, 1.54) is 12.1 Å². The summed E-state index contributed by atoms with van der Waals surface area (Å²) >= 11 is 0. The number of phenolic OH excluding ortho intramolecular Hbond substituents is 1. The predicted molar refractivity (Wildman–Crippen MR) is 121 cm³/mol. The summed E-state index contributed by atoms with van der Waals surface area (Å²) in [6.07, 6.45) is 2.16. The van der Waals surface area contributed by atoms with Crippen molar-refractivity contribution in [3.8, 4) is 5.75 Å². The molecule has 7 heteroatoms. The van der Waals surface area contributed by atoms with Crippen LogP contribution in [0, 0.1) is 13.8 Å². The van der Waals surface area contributed by atoms with Crippen LogP contribution in [0.3, 0.4) is 0 Å². The predicted octanol–water partition coefficient (Wildman–Crippen LogP) is 4.00. The molecule has 7 nitrogen and oxygen atoms in total. The van der Waals surface area contributed by atoms with Crippen LogP contribution in [0.15, 0.2) is 58.0 Å². The van der Waals surface area contributed by atoms with Gasteiger partial charge in [-0.15, -0.1) is 0 Å². The molecule has 0 saturated heterocycles. The molecule has 0 atom stereocenters. The molecule has 0 unspecified atom stereocenters. The number of fused-ring (bicyclic) bond motifs is 1. The van der Waals surface area contributed by atoms with Crippen molar-refractivity contribution in [2.75, 3.05) is 0 Å². The number of carbonyl (C=O) groups is 2. The van der Waals surface area contributed by atoms with E-state index in [1.54, 1.807) is 12.1 Å². The van der Waals surface area contributed by atoms with Gasteiger partial charge in [0.05, 0.1) is 11.3 Å². The van der Waals surface area contributed by atoms with E-state index in [1.807, 2.05) is 38.1 Å². The van der Waals surface area contributed by atoms with E-state index in [0.29, 0.717) is 36.4 Å². The number of aromatic hydroxyl groups is 1. The van der Waals surface area contributed by atoms with E-state index < -0.39 is 5.91 Å². The number of furan rings is 1. The van der Waals surface area contributed by atoms with Gasteiger partial charge in [-0.3, -0.25) is 9.59 Å². The molecular weight excluding hydrogens is 406 g/mol. The van der Waals surface area contributed by atoms with Gasteiger partial charge in [0.15, 0.2) is 5.76 Å². The Labute approximate surface area is 186 Å². The molecule has 32 heavy (non-hydrogen) atoms. The van der Waals surface area contributed by atoms with E-state index in [2.05, 4.69) is 15.8 Å². The summed E-state index contributed by atoms with van der Waals surface area (Å²) in [5.41, 5.74) is 6.97. The van der Waals surface area contributed by atoms with Gasteiger partial charge in [0.2, 0.25) is 0 Å². The molecule has 0 fully saturated rings. The van der Waals surface area contributed by atoms with Gasteiger partial charge in [-0.1, -0.05) is 42.0 Å². The summed E-state index contributed by atoms with van der Waals surface area (Å²) in [6, 6.07) is 14.3. The number of hydrogen-bond donors (Lipinski definition) is 3. The second-order valence-electron chi connectivity index (χ2n) is 7.89. The first-order chi connectivity index (χ1) is 15.4. The molecule has 3 aromatic rings. The van der Waals surface area contributed by atoms with Crippen molar-refractivity contribution in [3.63, 3.8) is 0 Å². The van der Waals surface area contributed by atoms with Crippen molar-refractivity contribution >= 4 is 17.5 Å². The van der Waals surface area contributed by atoms with Gasteiger partial charge >= 0.3 is 0 Å². The van der Waals surface area contributed by atoms with E-state index >= 15 is 0 Å². The zero-order valence-electron chi connectivity index (χ0n) is 18.1. The Morgan fingerprint density at radius 3 is 2.53 bits per heavy atom. The second-order valence-corrected chi connectivity index (χ2v) is 7.89. The molecule has 1 heterocycles. The highest BCUT2D eigenvalue weighted by Crippen LogP contribution is 2.30. The molecule has 3 N–H and O–H groups in total. The lowest BCUT2D eigenvalue weighted by Gasteiger charge is -2.13. The fourth-order valence-corrected chi connectivity index (χ4v) is 3.81. The first-order valence-corrected chi connectivity index (χ1v) is 10.6. The first-order valence-electron chi connectivity index (χ1n) is 10.6. The van der Waals surface area contributed by atoms with Crippen molar-refractivity contribution in [3.05, 3.63) is 87.9 Å². The number of carbonyl (C=O) groups excluding carboxylic acids is 2. The summed E-state index contributed by atoms with van der Waals surface area (Å²) in [4.78, 5) is 25.2. The molecule has 2 aromatic carbocycles. The van der Waals surface area contributed by atoms with E-state index in [4.69, 9.17) is 4.42 Å². The van der Waals surface area contributed by atoms with Gasteiger partial charge in [-0.25, -0.2) is 5.43 Å². The SMILES string of the molecule is Cc1ccc(CNC(=O)c2oc3c(c2C)/C(=N/NC(=O)c2ccccc2O)CCC3)cc1. The average molecular weight is 431 g/mol. The van der Waals surface area contributed by atoms with Gasteiger partial charge in [0.1, 0.15) is 11.5 Å². The Balaban J connectivity index is 1.51. The highest BCUT2D eigenvalue weighted by Gasteiger charge is 2.28. The number of hydrogen-bond acceptors (Lipinski definition) is 5. The Morgan fingerprint density at radius 2 is 1.78 bits per heavy atom. The topological polar surface area (TPSA) is 104 Å². The second kappa shape index (κ2) is 9.09. The third kappa shape index (κ3) is 4.42. The Morgan fingerprint density at radius 1 is 1.03 bits per heavy atom. The zero-order chi connectivity index (χ0) is 22.7. The van der Waals surface area contributed by atoms with Gasteiger partial charge < -0.3 is 14.8 Å². The maximum absolute atomic E-state index is 12.8. The van der Waals surface area contributed by atoms with Crippen LogP contribution in [0.5, 0.6) is 5.75 Å². The summed E-state index contributed by atoms with van der Waals surface area (Å²) in [5.74, 6) is 0.0742. The number of aryl methyl sites for hydroxylation is 2. The highest BCUT2D eigenvalue weighted by molar-refractivity contribution is 6.07. The van der Waals surface area contributed by atoms with Crippen LogP contribution in [0.1, 0.15) is 61.8 Å². The summed E-state index contributed by atoms with van der Waals surface area (Å²) in [6.45, 7) is 4.25. The quantitative estimate of drug-likeness (QED) is 0.531. The number of nitrogens with zero attached hydrogens (tertiary/aromatic N) is 1. The summed E-state index contributed by atoms with van der Waals surface area (Å²) < 4.78 is 5.90. The van der Waals surface area contributed by atoms with Crippen molar-refractivity contribution in [1.82, 2.24) is 10.7 Å². The van der Waals surface area contributed by atoms with Gasteiger partial charge in [0.25, 0.3) is 11.8 Å². The molecule has 4 rings (SSSR count). The average Bonchev–Trinajstić information content (AvgIpc) is 3.14. The number of para-hydroxylation sites is 1. The molecule has 1 aromatic heterocycles. The Bertz CT molecular complexity index is 1190. The van der Waals surface area contributed by atoms with Crippen molar-refractivity contribution in [1.29, 1.82) is 0 Å². The monoisotopic (exact) mass is 431 g/mol. The number of benzene rings is 2. The molecule has 1 aliphatic rings. The molecule has 0 saturated carbocycles. The lowest BCUT2D eigenvalue weighted by Crippen LogP contribution is -2.23. The lowest BCUT2D eigenvalue weighted by atomic mass is 9.93. The Kier molecular flexibility index (Phi) is 6.07. The molecule has 0 bridgehead atoms. The molecule has 164 valence electrons. The maximum Gasteiger partial charge on any atom is 0.287 e. The standard InChI is InChI=1S/C25H25N3O4/c1-15-10-12-17(13-11-15)14-26-25(31)23-16(2)22-19(7-5-9-21(22)32-23)27-28-24(30)18-6-3-4-8-20(18)29/h3-4,6,8,10-13,29H,5,7,9,14H2,1-2H3,(H,26,31)(H,28,30)/b27-19+. The van der Waals surface area contributed by atoms with Gasteiger partial charge in [-0.05, 0) is 44.4 Å². The molecule has 1 aliphatic carbocycles. The highest BCUT2D eigenvalue weighted by atomic mass is 16.4. The summed E-state index contributed by atoms with van der Waals surface area (Å²) in [7, 11) is 0. The van der Waals surface area contributed by atoms with E-state index in [-0.39, 0.29) is 23.0 Å². The zero-order valence-corrected chi connectivity index (χ0v) is 18.1. The fraction of sp³-hybridized carbons (Fsp3) is 0.240. The minimum atomic E-state index is -0.500. The first kappa shape index (κ1) is 21.4. The van der Waals surface area contributed by atoms with Crippen LogP contribution in [-0.4, -0.2) is 22.6 Å². The van der Waals surface area contributed by atoms with Crippen molar-refractivity contribution < 1.29 is 19.1 Å². The maximum atomic E-state index is 12.8. The minimum Gasteiger partial charge on any atom is -0.507 e. The smallest absolute Gasteiger partial charge is 0.287 e. The van der Waals surface area contributed by atoms with E-state index in [0.717, 1.165) is 23.1 Å². The lowest BCUT2D eigenvalue weighted by molar-refractivity contribution is 0.0918. The largest absolute Gasteiger partial charge is 0.507 e. The molecular formula is C25H25N3O4. The van der Waals surface area contributed by atoms with E-state index in [9.17, 15) is 14.7 Å². The minimum absolute atomic E-state index is 0.110. The van der Waals surface area contributed by atoms with Crippen LogP contribution in [0.2, 0.25) is 0 Å². The molecule has 0 spiro atoms. The van der Waals surface area contributed by atoms with Crippen molar-refractivity contribution in [2.24, 2.45) is 5.10 Å².